The minimum absolute atomic E-state index is 0.199. The number of methoxy groups -OCH3 is 1. The zero-order valence-electron chi connectivity index (χ0n) is 21.8. The lowest BCUT2D eigenvalue weighted by atomic mass is 9.74. The van der Waals surface area contributed by atoms with E-state index in [0.717, 1.165) is 5.56 Å². The van der Waals surface area contributed by atoms with Gasteiger partial charge in [0, 0.05) is 18.8 Å². The number of halogens is 1. The van der Waals surface area contributed by atoms with Crippen molar-refractivity contribution >= 4 is 29.5 Å². The maximum atomic E-state index is 13.8. The molecule has 38 heavy (non-hydrogen) atoms. The smallest absolute Gasteiger partial charge is 0.328 e. The van der Waals surface area contributed by atoms with Crippen molar-refractivity contribution in [2.45, 2.75) is 44.6 Å². The average molecular weight is 518 g/mol. The van der Waals surface area contributed by atoms with Crippen molar-refractivity contribution in [2.24, 2.45) is 5.92 Å². The minimum Gasteiger partial charge on any atom is -0.467 e. The first-order chi connectivity index (χ1) is 18.3. The Morgan fingerprint density at radius 3 is 2.45 bits per heavy atom. The lowest BCUT2D eigenvalue weighted by molar-refractivity contribution is -0.141. The van der Waals surface area contributed by atoms with Crippen molar-refractivity contribution in [3.05, 3.63) is 66.0 Å². The summed E-state index contributed by atoms with van der Waals surface area (Å²) in [6.45, 7) is 5.13. The molecule has 2 aromatic carbocycles. The summed E-state index contributed by atoms with van der Waals surface area (Å²) < 4.78 is 18.8. The van der Waals surface area contributed by atoms with Crippen LogP contribution in [0.25, 0.3) is 0 Å². The van der Waals surface area contributed by atoms with Gasteiger partial charge in [-0.1, -0.05) is 50.2 Å². The summed E-state index contributed by atoms with van der Waals surface area (Å²) in [6.07, 6.45) is 1.73. The van der Waals surface area contributed by atoms with Gasteiger partial charge < -0.3 is 20.3 Å². The molecule has 2 heterocycles. The molecule has 0 spiro atoms. The third kappa shape index (κ3) is 6.35. The van der Waals surface area contributed by atoms with E-state index < -0.39 is 23.2 Å². The van der Waals surface area contributed by atoms with Crippen molar-refractivity contribution in [3.8, 4) is 6.07 Å². The van der Waals surface area contributed by atoms with Crippen LogP contribution in [-0.4, -0.2) is 47.2 Å². The number of carbonyl (C=O) groups excluding carboxylic acids is 1. The third-order valence-corrected chi connectivity index (χ3v) is 6.64. The number of nitrogens with zero attached hydrogens (tertiary/aromatic N) is 5. The highest BCUT2D eigenvalue weighted by Crippen LogP contribution is 2.36. The molecule has 0 unspecified atom stereocenters. The second kappa shape index (κ2) is 11.9. The molecule has 0 radical (unpaired) electrons. The van der Waals surface area contributed by atoms with Gasteiger partial charge in [-0.15, -0.1) is 0 Å². The Balaban J connectivity index is 1.63. The fourth-order valence-corrected chi connectivity index (χ4v) is 4.62. The number of nitriles is 1. The van der Waals surface area contributed by atoms with Crippen LogP contribution in [0.2, 0.25) is 0 Å². The first-order valence-electron chi connectivity index (χ1n) is 12.7. The SMILES string of the molecule is COC(=O)[C@@H](CC(C)C)Nc1nc(Nc2cccc(F)c2)nc(N2CCC(C#N)(c3ccccc3)CC2)n1. The van der Waals surface area contributed by atoms with Gasteiger partial charge in [-0.05, 0) is 48.9 Å². The molecule has 1 saturated heterocycles. The highest BCUT2D eigenvalue weighted by molar-refractivity contribution is 5.78. The van der Waals surface area contributed by atoms with E-state index in [1.807, 2.05) is 49.1 Å². The molecule has 0 aliphatic carbocycles. The van der Waals surface area contributed by atoms with Gasteiger partial charge in [0.15, 0.2) is 0 Å². The molecule has 1 fully saturated rings. The van der Waals surface area contributed by atoms with E-state index in [0.29, 0.717) is 44.0 Å². The van der Waals surface area contributed by atoms with Crippen molar-refractivity contribution < 1.29 is 13.9 Å². The van der Waals surface area contributed by atoms with Gasteiger partial charge in [0.1, 0.15) is 11.9 Å². The first-order valence-corrected chi connectivity index (χ1v) is 12.7. The van der Waals surface area contributed by atoms with E-state index in [1.165, 1.54) is 19.2 Å². The molecular formula is C28H32FN7O2. The number of carbonyl (C=O) groups is 1. The van der Waals surface area contributed by atoms with Crippen LogP contribution >= 0.6 is 0 Å². The Hall–Kier alpha value is -4.26. The van der Waals surface area contributed by atoms with Crippen molar-refractivity contribution in [1.29, 1.82) is 5.26 Å². The fourth-order valence-electron chi connectivity index (χ4n) is 4.62. The zero-order valence-corrected chi connectivity index (χ0v) is 21.8. The number of ether oxygens (including phenoxy) is 1. The van der Waals surface area contributed by atoms with E-state index in [-0.39, 0.29) is 17.8 Å². The van der Waals surface area contributed by atoms with Crippen molar-refractivity contribution in [2.75, 3.05) is 35.7 Å². The molecule has 1 aliphatic heterocycles. The molecular weight excluding hydrogens is 485 g/mol. The third-order valence-electron chi connectivity index (χ3n) is 6.64. The average Bonchev–Trinajstić information content (AvgIpc) is 2.92. The molecule has 4 rings (SSSR count). The highest BCUT2D eigenvalue weighted by atomic mass is 19.1. The van der Waals surface area contributed by atoms with Crippen LogP contribution in [0.15, 0.2) is 54.6 Å². The molecule has 198 valence electrons. The molecule has 1 atom stereocenters. The van der Waals surface area contributed by atoms with Crippen LogP contribution in [0.5, 0.6) is 0 Å². The molecule has 2 N–H and O–H groups in total. The Bertz CT molecular complexity index is 1290. The maximum absolute atomic E-state index is 13.8. The van der Waals surface area contributed by atoms with E-state index in [1.54, 1.807) is 12.1 Å². The summed E-state index contributed by atoms with van der Waals surface area (Å²) in [5, 5.41) is 16.2. The predicted octanol–water partition coefficient (Wildman–Crippen LogP) is 4.82. The summed E-state index contributed by atoms with van der Waals surface area (Å²) in [5.74, 6) is 0.211. The number of hydrogen-bond acceptors (Lipinski definition) is 9. The fraction of sp³-hybridized carbons (Fsp3) is 0.393. The van der Waals surface area contributed by atoms with E-state index in [9.17, 15) is 14.4 Å². The normalized spacial score (nSPS) is 15.4. The Morgan fingerprint density at radius 1 is 1.11 bits per heavy atom. The van der Waals surface area contributed by atoms with Crippen LogP contribution in [-0.2, 0) is 14.9 Å². The van der Waals surface area contributed by atoms with Crippen LogP contribution in [0.3, 0.4) is 0 Å². The molecule has 0 amide bonds. The number of benzene rings is 2. The Labute approximate surface area is 222 Å². The van der Waals surface area contributed by atoms with Gasteiger partial charge in [-0.2, -0.15) is 20.2 Å². The van der Waals surface area contributed by atoms with Gasteiger partial charge >= 0.3 is 5.97 Å². The second-order valence-electron chi connectivity index (χ2n) is 9.81. The number of aromatic nitrogens is 3. The van der Waals surface area contributed by atoms with Gasteiger partial charge in [-0.25, -0.2) is 9.18 Å². The van der Waals surface area contributed by atoms with Crippen LogP contribution in [0.1, 0.15) is 38.7 Å². The molecule has 0 saturated carbocycles. The maximum Gasteiger partial charge on any atom is 0.328 e. The monoisotopic (exact) mass is 517 g/mol. The second-order valence-corrected chi connectivity index (χ2v) is 9.81. The van der Waals surface area contributed by atoms with Crippen molar-refractivity contribution in [1.82, 2.24) is 15.0 Å². The number of piperidine rings is 1. The number of nitrogens with one attached hydrogen (secondary N) is 2. The Morgan fingerprint density at radius 2 is 1.82 bits per heavy atom. The number of anilines is 4. The standard InChI is InChI=1S/C28H32FN7O2/c1-19(2)16-23(24(37)38-3)32-26-33-25(31-22-11-7-10-21(29)17-22)34-27(35-26)36-14-12-28(18-30,13-15-36)20-8-5-4-6-9-20/h4-11,17,19,23H,12-16H2,1-3H3,(H2,31,32,33,34,35)/t23-/m1/s1. The number of esters is 1. The topological polar surface area (TPSA) is 116 Å². The van der Waals surface area contributed by atoms with Gasteiger partial charge in [0.25, 0.3) is 0 Å². The summed E-state index contributed by atoms with van der Waals surface area (Å²) in [7, 11) is 1.34. The molecule has 1 aromatic heterocycles. The van der Waals surface area contributed by atoms with E-state index >= 15 is 0 Å². The van der Waals surface area contributed by atoms with Crippen LogP contribution < -0.4 is 15.5 Å². The highest BCUT2D eigenvalue weighted by Gasteiger charge is 2.37. The number of rotatable bonds is 9. The molecule has 1 aliphatic rings. The molecule has 9 nitrogen and oxygen atoms in total. The van der Waals surface area contributed by atoms with Gasteiger partial charge in [0.05, 0.1) is 18.6 Å². The minimum atomic E-state index is -0.650. The summed E-state index contributed by atoms with van der Waals surface area (Å²) in [4.78, 5) is 28.1. The van der Waals surface area contributed by atoms with E-state index in [4.69, 9.17) is 4.74 Å². The van der Waals surface area contributed by atoms with E-state index in [2.05, 4.69) is 31.7 Å². The molecule has 10 heteroatoms. The largest absolute Gasteiger partial charge is 0.467 e. The summed E-state index contributed by atoms with van der Waals surface area (Å²) in [5.41, 5.74) is 0.899. The first kappa shape index (κ1) is 26.8. The van der Waals surface area contributed by atoms with Gasteiger partial charge in [-0.3, -0.25) is 0 Å². The van der Waals surface area contributed by atoms with Crippen LogP contribution in [0.4, 0.5) is 27.9 Å². The lowest BCUT2D eigenvalue weighted by Crippen LogP contribution is -2.43. The Kier molecular flexibility index (Phi) is 8.36. The van der Waals surface area contributed by atoms with Gasteiger partial charge in [0.2, 0.25) is 17.8 Å². The summed E-state index contributed by atoms with van der Waals surface area (Å²) in [6, 6.07) is 17.7. The van der Waals surface area contributed by atoms with Crippen LogP contribution in [0, 0.1) is 23.1 Å². The molecule has 3 aromatic rings. The molecule has 0 bridgehead atoms. The number of hydrogen-bond donors (Lipinski definition) is 2. The summed E-state index contributed by atoms with van der Waals surface area (Å²) >= 11 is 0. The quantitative estimate of drug-likeness (QED) is 0.386. The predicted molar refractivity (Wildman–Crippen MR) is 144 cm³/mol. The lowest BCUT2D eigenvalue weighted by Gasteiger charge is -2.37. The van der Waals surface area contributed by atoms with Crippen molar-refractivity contribution in [3.63, 3.8) is 0 Å². The zero-order chi connectivity index (χ0) is 27.1.